The lowest BCUT2D eigenvalue weighted by atomic mass is 10.0. The first-order valence-electron chi connectivity index (χ1n) is 8.03. The highest BCUT2D eigenvalue weighted by Gasteiger charge is 2.21. The van der Waals surface area contributed by atoms with E-state index < -0.39 is 10.8 Å². The zero-order chi connectivity index (χ0) is 18.8. The Morgan fingerprint density at radius 1 is 1.23 bits per heavy atom. The highest BCUT2D eigenvalue weighted by Crippen LogP contribution is 2.31. The second kappa shape index (κ2) is 7.13. The average molecular weight is 374 g/mol. The van der Waals surface area contributed by atoms with Crippen molar-refractivity contribution in [2.24, 2.45) is 0 Å². The molecule has 0 aliphatic carbocycles. The average Bonchev–Trinajstić information content (AvgIpc) is 2.61. The van der Waals surface area contributed by atoms with Gasteiger partial charge in [0.1, 0.15) is 0 Å². The van der Waals surface area contributed by atoms with Gasteiger partial charge < -0.3 is 10.2 Å². The van der Waals surface area contributed by atoms with Crippen molar-refractivity contribution < 1.29 is 14.5 Å². The lowest BCUT2D eigenvalue weighted by Crippen LogP contribution is -2.33. The monoisotopic (exact) mass is 373 g/mol. The van der Waals surface area contributed by atoms with Crippen LogP contribution in [0.3, 0.4) is 0 Å². The Labute approximate surface area is 154 Å². The fourth-order valence-electron chi connectivity index (χ4n) is 2.98. The fourth-order valence-corrected chi connectivity index (χ4v) is 3.18. The fraction of sp³-hybridized carbons (Fsp3) is 0.222. The lowest BCUT2D eigenvalue weighted by Gasteiger charge is -2.29. The van der Waals surface area contributed by atoms with Crippen LogP contribution >= 0.6 is 11.6 Å². The van der Waals surface area contributed by atoms with Crippen LogP contribution in [-0.4, -0.2) is 23.3 Å². The molecule has 8 heteroatoms. The van der Waals surface area contributed by atoms with Crippen LogP contribution in [-0.2, 0) is 11.2 Å². The number of carbonyl (C=O) groups is 2. The van der Waals surface area contributed by atoms with E-state index in [1.54, 1.807) is 17.0 Å². The van der Waals surface area contributed by atoms with E-state index in [4.69, 9.17) is 11.6 Å². The van der Waals surface area contributed by atoms with Gasteiger partial charge in [0, 0.05) is 37.0 Å². The van der Waals surface area contributed by atoms with E-state index in [2.05, 4.69) is 5.32 Å². The van der Waals surface area contributed by atoms with E-state index in [1.807, 2.05) is 6.07 Å². The SMILES string of the molecule is CC(=O)N1CCCc2ccc(NC(=O)c3cc([N+](=O)[O-])ccc3Cl)cc21. The van der Waals surface area contributed by atoms with Crippen LogP contribution in [0.25, 0.3) is 0 Å². The van der Waals surface area contributed by atoms with Gasteiger partial charge in [0.25, 0.3) is 11.6 Å². The minimum Gasteiger partial charge on any atom is -0.322 e. The molecule has 0 spiro atoms. The Balaban J connectivity index is 1.89. The third-order valence-corrected chi connectivity index (χ3v) is 4.58. The molecule has 7 nitrogen and oxygen atoms in total. The van der Waals surface area contributed by atoms with Gasteiger partial charge in [0.2, 0.25) is 5.91 Å². The molecular weight excluding hydrogens is 358 g/mol. The molecule has 0 fully saturated rings. The van der Waals surface area contributed by atoms with Gasteiger partial charge in [0.05, 0.1) is 15.5 Å². The predicted molar refractivity (Wildman–Crippen MR) is 98.8 cm³/mol. The molecular formula is C18H16ClN3O4. The number of halogens is 1. The molecule has 134 valence electrons. The van der Waals surface area contributed by atoms with Crippen molar-refractivity contribution in [2.75, 3.05) is 16.8 Å². The molecule has 0 bridgehead atoms. The molecule has 2 aromatic carbocycles. The first kappa shape index (κ1) is 17.9. The summed E-state index contributed by atoms with van der Waals surface area (Å²) in [6.07, 6.45) is 1.76. The van der Waals surface area contributed by atoms with Gasteiger partial charge in [-0.25, -0.2) is 0 Å². The minimum atomic E-state index is -0.587. The number of fused-ring (bicyclic) bond motifs is 1. The number of nitrogens with one attached hydrogen (secondary N) is 1. The van der Waals surface area contributed by atoms with Crippen molar-refractivity contribution in [1.82, 2.24) is 0 Å². The van der Waals surface area contributed by atoms with Crippen LogP contribution in [0.5, 0.6) is 0 Å². The number of anilines is 2. The third kappa shape index (κ3) is 3.52. The maximum absolute atomic E-state index is 12.5. The molecule has 1 N–H and O–H groups in total. The van der Waals surface area contributed by atoms with Crippen molar-refractivity contribution in [3.8, 4) is 0 Å². The van der Waals surface area contributed by atoms with Crippen LogP contribution in [0, 0.1) is 10.1 Å². The highest BCUT2D eigenvalue weighted by atomic mass is 35.5. The molecule has 0 unspecified atom stereocenters. The zero-order valence-corrected chi connectivity index (χ0v) is 14.7. The zero-order valence-electron chi connectivity index (χ0n) is 14.0. The molecule has 3 rings (SSSR count). The number of non-ortho nitro benzene ring substituents is 1. The van der Waals surface area contributed by atoms with Gasteiger partial charge in [-0.2, -0.15) is 0 Å². The van der Waals surface area contributed by atoms with Crippen LogP contribution < -0.4 is 10.2 Å². The molecule has 2 amide bonds. The summed E-state index contributed by atoms with van der Waals surface area (Å²) in [5.41, 5.74) is 2.10. The highest BCUT2D eigenvalue weighted by molar-refractivity contribution is 6.34. The summed E-state index contributed by atoms with van der Waals surface area (Å²) in [6.45, 7) is 2.14. The Morgan fingerprint density at radius 2 is 2.00 bits per heavy atom. The molecule has 0 saturated carbocycles. The van der Waals surface area contributed by atoms with Gasteiger partial charge in [-0.15, -0.1) is 0 Å². The quantitative estimate of drug-likeness (QED) is 0.654. The molecule has 26 heavy (non-hydrogen) atoms. The number of benzene rings is 2. The summed E-state index contributed by atoms with van der Waals surface area (Å²) in [5.74, 6) is -0.611. The number of carbonyl (C=O) groups excluding carboxylic acids is 2. The van der Waals surface area contributed by atoms with E-state index in [1.165, 1.54) is 19.1 Å². The number of hydrogen-bond acceptors (Lipinski definition) is 4. The van der Waals surface area contributed by atoms with Gasteiger partial charge in [-0.1, -0.05) is 17.7 Å². The van der Waals surface area contributed by atoms with Crippen molar-refractivity contribution in [3.05, 3.63) is 62.7 Å². The van der Waals surface area contributed by atoms with Crippen LogP contribution in [0.4, 0.5) is 17.1 Å². The maximum Gasteiger partial charge on any atom is 0.270 e. The second-order valence-electron chi connectivity index (χ2n) is 5.99. The van der Waals surface area contributed by atoms with E-state index in [-0.39, 0.29) is 22.2 Å². The Hall–Kier alpha value is -2.93. The predicted octanol–water partition coefficient (Wildman–Crippen LogP) is 3.80. The first-order chi connectivity index (χ1) is 12.4. The summed E-state index contributed by atoms with van der Waals surface area (Å²) < 4.78 is 0. The topological polar surface area (TPSA) is 92.6 Å². The smallest absolute Gasteiger partial charge is 0.270 e. The normalized spacial score (nSPS) is 13.1. The number of aryl methyl sites for hydroxylation is 1. The summed E-state index contributed by atoms with van der Waals surface area (Å²) in [4.78, 5) is 36.3. The van der Waals surface area contributed by atoms with Crippen molar-refractivity contribution in [3.63, 3.8) is 0 Å². The maximum atomic E-state index is 12.5. The van der Waals surface area contributed by atoms with Crippen molar-refractivity contribution in [2.45, 2.75) is 19.8 Å². The number of hydrogen-bond donors (Lipinski definition) is 1. The molecule has 0 atom stereocenters. The largest absolute Gasteiger partial charge is 0.322 e. The van der Waals surface area contributed by atoms with Gasteiger partial charge >= 0.3 is 0 Å². The Bertz CT molecular complexity index is 913. The molecule has 0 radical (unpaired) electrons. The first-order valence-corrected chi connectivity index (χ1v) is 8.41. The summed E-state index contributed by atoms with van der Waals surface area (Å²) in [5, 5.41) is 13.7. The third-order valence-electron chi connectivity index (χ3n) is 4.25. The molecule has 1 heterocycles. The van der Waals surface area contributed by atoms with Crippen LogP contribution in [0.2, 0.25) is 5.02 Å². The van der Waals surface area contributed by atoms with Crippen LogP contribution in [0.1, 0.15) is 29.3 Å². The standard InChI is InChI=1S/C18H16ClN3O4/c1-11(23)21-8-2-3-12-4-5-13(9-17(12)21)20-18(24)15-10-14(22(25)26)6-7-16(15)19/h4-7,9-10H,2-3,8H2,1H3,(H,20,24). The van der Waals surface area contributed by atoms with E-state index in [0.29, 0.717) is 12.2 Å². The lowest BCUT2D eigenvalue weighted by molar-refractivity contribution is -0.384. The molecule has 1 aliphatic rings. The van der Waals surface area contributed by atoms with E-state index >= 15 is 0 Å². The number of amides is 2. The molecule has 2 aromatic rings. The minimum absolute atomic E-state index is 0.0158. The molecule has 0 aromatic heterocycles. The molecule has 1 aliphatic heterocycles. The Morgan fingerprint density at radius 3 is 2.69 bits per heavy atom. The number of nitrogens with zero attached hydrogens (tertiary/aromatic N) is 2. The van der Waals surface area contributed by atoms with Gasteiger partial charge in [0.15, 0.2) is 0 Å². The number of nitro groups is 1. The Kier molecular flexibility index (Phi) is 4.90. The number of rotatable bonds is 3. The molecule has 0 saturated heterocycles. The van der Waals surface area contributed by atoms with Crippen molar-refractivity contribution >= 4 is 40.5 Å². The van der Waals surface area contributed by atoms with Crippen LogP contribution in [0.15, 0.2) is 36.4 Å². The summed E-state index contributed by atoms with van der Waals surface area (Å²) in [7, 11) is 0. The van der Waals surface area contributed by atoms with E-state index in [0.717, 1.165) is 30.2 Å². The summed E-state index contributed by atoms with van der Waals surface area (Å²) in [6, 6.07) is 9.04. The van der Waals surface area contributed by atoms with Gasteiger partial charge in [-0.3, -0.25) is 19.7 Å². The van der Waals surface area contributed by atoms with E-state index in [9.17, 15) is 19.7 Å². The summed E-state index contributed by atoms with van der Waals surface area (Å²) >= 11 is 6.01. The number of nitro benzene ring substituents is 1. The van der Waals surface area contributed by atoms with Crippen molar-refractivity contribution in [1.29, 1.82) is 0 Å². The van der Waals surface area contributed by atoms with Gasteiger partial charge in [-0.05, 0) is 36.6 Å². The second-order valence-corrected chi connectivity index (χ2v) is 6.40.